The van der Waals surface area contributed by atoms with Gasteiger partial charge in [0.15, 0.2) is 0 Å². The van der Waals surface area contributed by atoms with Crippen LogP contribution in [0.3, 0.4) is 0 Å². The molecule has 0 fully saturated rings. The van der Waals surface area contributed by atoms with Crippen molar-refractivity contribution in [1.29, 1.82) is 0 Å². The van der Waals surface area contributed by atoms with E-state index in [1.807, 2.05) is 0 Å². The van der Waals surface area contributed by atoms with Crippen LogP contribution in [0.25, 0.3) is 17.0 Å². The highest BCUT2D eigenvalue weighted by Gasteiger charge is 2.25. The van der Waals surface area contributed by atoms with E-state index < -0.39 is 5.97 Å². The average Bonchev–Trinajstić information content (AvgIpc) is 3.18. The molecule has 4 aromatic rings. The minimum Gasteiger partial charge on any atom is -0.462 e. The minimum absolute atomic E-state index is 0.285. The van der Waals surface area contributed by atoms with Gasteiger partial charge in [0.25, 0.3) is 5.91 Å². The fraction of sp³-hybridized carbons (Fsp3) is 0.130. The molecule has 1 amide bonds. The molecule has 31 heavy (non-hydrogen) atoms. The molecule has 4 rings (SSSR count). The summed E-state index contributed by atoms with van der Waals surface area (Å²) in [5.74, 6) is -0.772. The minimum atomic E-state index is -0.422. The lowest BCUT2D eigenvalue weighted by Gasteiger charge is -2.18. The van der Waals surface area contributed by atoms with Crippen LogP contribution in [-0.2, 0) is 4.74 Å². The fourth-order valence-corrected chi connectivity index (χ4v) is 3.21. The van der Waals surface area contributed by atoms with E-state index in [9.17, 15) is 14.0 Å². The van der Waals surface area contributed by atoms with Gasteiger partial charge in [-0.3, -0.25) is 9.20 Å². The number of ether oxygens (including phenoxy) is 1. The molecule has 0 bridgehead atoms. The van der Waals surface area contributed by atoms with Crippen LogP contribution in [0, 0.1) is 5.82 Å². The first-order valence-corrected chi connectivity index (χ1v) is 9.64. The van der Waals surface area contributed by atoms with Crippen molar-refractivity contribution >= 4 is 23.3 Å². The number of halogens is 1. The summed E-state index contributed by atoms with van der Waals surface area (Å²) in [4.78, 5) is 35.5. The fourth-order valence-electron chi connectivity index (χ4n) is 3.21. The summed E-state index contributed by atoms with van der Waals surface area (Å²) in [5.41, 5.74) is 2.28. The van der Waals surface area contributed by atoms with E-state index in [1.165, 1.54) is 17.0 Å². The number of nitrogens with zero attached hydrogens (tertiary/aromatic N) is 4. The molecule has 2 heterocycles. The van der Waals surface area contributed by atoms with Gasteiger partial charge in [0.1, 0.15) is 17.2 Å². The number of anilines is 1. The average molecular weight is 418 g/mol. The maximum atomic E-state index is 13.5. The van der Waals surface area contributed by atoms with Crippen LogP contribution in [0.1, 0.15) is 27.8 Å². The Bertz CT molecular complexity index is 1250. The van der Waals surface area contributed by atoms with Gasteiger partial charge in [-0.25, -0.2) is 19.2 Å². The summed E-state index contributed by atoms with van der Waals surface area (Å²) in [7, 11) is 1.63. The van der Waals surface area contributed by atoms with E-state index in [-0.39, 0.29) is 18.3 Å². The molecule has 7 nitrogen and oxygen atoms in total. The van der Waals surface area contributed by atoms with Crippen LogP contribution in [0.4, 0.5) is 10.1 Å². The third kappa shape index (κ3) is 3.87. The van der Waals surface area contributed by atoms with Gasteiger partial charge in [-0.05, 0) is 61.5 Å². The zero-order valence-electron chi connectivity index (χ0n) is 16.9. The molecule has 156 valence electrons. The molecule has 0 atom stereocenters. The molecule has 0 saturated carbocycles. The Hall–Kier alpha value is -4.07. The molecular formula is C23H19FN4O3. The van der Waals surface area contributed by atoms with Gasteiger partial charge < -0.3 is 9.64 Å². The number of aromatic nitrogens is 3. The first kappa shape index (κ1) is 20.2. The first-order valence-electron chi connectivity index (χ1n) is 9.64. The maximum Gasteiger partial charge on any atom is 0.338 e. The smallest absolute Gasteiger partial charge is 0.338 e. The van der Waals surface area contributed by atoms with Crippen molar-refractivity contribution in [2.24, 2.45) is 0 Å². The Balaban J connectivity index is 1.74. The van der Waals surface area contributed by atoms with Crippen LogP contribution in [0.2, 0.25) is 0 Å². The summed E-state index contributed by atoms with van der Waals surface area (Å²) in [6.45, 7) is 2.02. The van der Waals surface area contributed by atoms with E-state index in [0.717, 1.165) is 0 Å². The van der Waals surface area contributed by atoms with E-state index in [4.69, 9.17) is 4.74 Å². The van der Waals surface area contributed by atoms with Gasteiger partial charge in [0, 0.05) is 30.7 Å². The zero-order chi connectivity index (χ0) is 22.0. The van der Waals surface area contributed by atoms with Crippen molar-refractivity contribution < 1.29 is 18.7 Å². The first-order chi connectivity index (χ1) is 15.0. The van der Waals surface area contributed by atoms with Gasteiger partial charge in [0.05, 0.1) is 12.2 Å². The van der Waals surface area contributed by atoms with Crippen molar-refractivity contribution in [3.05, 3.63) is 84.1 Å². The second-order valence-electron chi connectivity index (χ2n) is 6.74. The predicted molar refractivity (Wildman–Crippen MR) is 114 cm³/mol. The number of carbonyl (C=O) groups excluding carboxylic acids is 2. The molecule has 2 aromatic carbocycles. The van der Waals surface area contributed by atoms with Gasteiger partial charge >= 0.3 is 5.97 Å². The molecule has 0 unspecified atom stereocenters. The van der Waals surface area contributed by atoms with Crippen LogP contribution in [0.5, 0.6) is 0 Å². The lowest BCUT2D eigenvalue weighted by Crippen LogP contribution is -2.28. The monoisotopic (exact) mass is 418 g/mol. The van der Waals surface area contributed by atoms with Crippen LogP contribution in [0.15, 0.2) is 67.0 Å². The van der Waals surface area contributed by atoms with Crippen molar-refractivity contribution in [3.8, 4) is 11.3 Å². The molecule has 0 aliphatic rings. The Morgan fingerprint density at radius 3 is 2.48 bits per heavy atom. The number of benzene rings is 2. The zero-order valence-corrected chi connectivity index (χ0v) is 16.9. The van der Waals surface area contributed by atoms with E-state index in [2.05, 4.69) is 9.97 Å². The van der Waals surface area contributed by atoms with Crippen molar-refractivity contribution in [2.75, 3.05) is 18.6 Å². The molecule has 0 aliphatic carbocycles. The van der Waals surface area contributed by atoms with Gasteiger partial charge in [-0.2, -0.15) is 0 Å². The van der Waals surface area contributed by atoms with Crippen molar-refractivity contribution in [3.63, 3.8) is 0 Å². The second-order valence-corrected chi connectivity index (χ2v) is 6.74. The number of fused-ring (bicyclic) bond motifs is 1. The maximum absolute atomic E-state index is 13.5. The van der Waals surface area contributed by atoms with Gasteiger partial charge in [-0.1, -0.05) is 0 Å². The molecular weight excluding hydrogens is 399 g/mol. The van der Waals surface area contributed by atoms with E-state index in [1.54, 1.807) is 73.2 Å². The van der Waals surface area contributed by atoms with Crippen LogP contribution in [-0.4, -0.2) is 39.9 Å². The highest BCUT2D eigenvalue weighted by molar-refractivity contribution is 6.09. The number of esters is 1. The molecule has 8 heteroatoms. The Kier molecular flexibility index (Phi) is 5.44. The lowest BCUT2D eigenvalue weighted by atomic mass is 10.1. The summed E-state index contributed by atoms with van der Waals surface area (Å²) in [6, 6.07) is 14.0. The van der Waals surface area contributed by atoms with Gasteiger partial charge in [0.2, 0.25) is 5.78 Å². The SMILES string of the molecule is CCOC(=O)c1ccc(N(C)C(=O)c2c(-c3ccc(F)cc3)nc3ncccn23)cc1. The summed E-state index contributed by atoms with van der Waals surface area (Å²) in [6.07, 6.45) is 3.29. The van der Waals surface area contributed by atoms with Gasteiger partial charge in [-0.15, -0.1) is 0 Å². The number of hydrogen-bond acceptors (Lipinski definition) is 5. The Morgan fingerprint density at radius 1 is 1.10 bits per heavy atom. The number of hydrogen-bond donors (Lipinski definition) is 0. The number of amides is 1. The lowest BCUT2D eigenvalue weighted by molar-refractivity contribution is 0.0526. The summed E-state index contributed by atoms with van der Waals surface area (Å²) in [5, 5.41) is 0. The summed E-state index contributed by atoms with van der Waals surface area (Å²) < 4.78 is 20.0. The summed E-state index contributed by atoms with van der Waals surface area (Å²) >= 11 is 0. The third-order valence-corrected chi connectivity index (χ3v) is 4.79. The van der Waals surface area contributed by atoms with Crippen LogP contribution >= 0.6 is 0 Å². The number of rotatable bonds is 5. The highest BCUT2D eigenvalue weighted by atomic mass is 19.1. The Labute approximate surface area is 177 Å². The van der Waals surface area contributed by atoms with Crippen molar-refractivity contribution in [2.45, 2.75) is 6.92 Å². The second kappa shape index (κ2) is 8.35. The van der Waals surface area contributed by atoms with E-state index in [0.29, 0.717) is 34.0 Å². The normalized spacial score (nSPS) is 10.8. The third-order valence-electron chi connectivity index (χ3n) is 4.79. The largest absolute Gasteiger partial charge is 0.462 e. The quantitative estimate of drug-likeness (QED) is 0.458. The highest BCUT2D eigenvalue weighted by Crippen LogP contribution is 2.27. The van der Waals surface area contributed by atoms with E-state index >= 15 is 0 Å². The molecule has 0 radical (unpaired) electrons. The molecule has 2 aromatic heterocycles. The van der Waals surface area contributed by atoms with Crippen LogP contribution < -0.4 is 4.90 Å². The standard InChI is InChI=1S/C23H19FN4O3/c1-3-31-22(30)16-7-11-18(12-8-16)27(2)21(29)20-19(15-5-9-17(24)10-6-15)26-23-25-13-4-14-28(20)23/h4-14H,3H2,1-2H3. The molecule has 0 spiro atoms. The Morgan fingerprint density at radius 2 is 1.81 bits per heavy atom. The molecule has 0 aliphatic heterocycles. The number of imidazole rings is 1. The number of carbonyl (C=O) groups is 2. The topological polar surface area (TPSA) is 76.8 Å². The molecule has 0 saturated heterocycles. The molecule has 0 N–H and O–H groups in total. The predicted octanol–water partition coefficient (Wildman–Crippen LogP) is 3.99. The van der Waals surface area contributed by atoms with Crippen molar-refractivity contribution in [1.82, 2.24) is 14.4 Å².